The molecule has 13 N–H and O–H groups in total. The summed E-state index contributed by atoms with van der Waals surface area (Å²) in [4.78, 5) is 123. The number of allylic oxidation sites excluding steroid dienone is 9. The van der Waals surface area contributed by atoms with Gasteiger partial charge in [-0.15, -0.1) is 0 Å². The number of unbranched alkanes of at least 4 members (excludes halogenated alkanes) is 5. The van der Waals surface area contributed by atoms with Crippen molar-refractivity contribution >= 4 is 59.1 Å². The molecule has 0 fully saturated rings. The van der Waals surface area contributed by atoms with Gasteiger partial charge in [0.2, 0.25) is 11.6 Å². The van der Waals surface area contributed by atoms with Crippen molar-refractivity contribution in [3.8, 4) is 0 Å². The minimum Gasteiger partial charge on any atom is -0.481 e. The van der Waals surface area contributed by atoms with Gasteiger partial charge >= 0.3 is 24.1 Å². The number of ketones is 4. The monoisotopic (exact) mass is 1350 g/mol. The second kappa shape index (κ2) is 43.4. The molecule has 0 aromatic heterocycles. The quantitative estimate of drug-likeness (QED) is 0.0369. The minimum atomic E-state index is -1.01. The molecule has 26 nitrogen and oxygen atoms in total. The molecule has 534 valence electrons. The number of aliphatic hydroxyl groups excluding tert-OH is 3. The van der Waals surface area contributed by atoms with Crippen LogP contribution in [0, 0.1) is 23.7 Å². The summed E-state index contributed by atoms with van der Waals surface area (Å²) in [6.07, 6.45) is 13.0. The number of carboxylic acid groups (broad SMARTS) is 2. The number of primary amides is 2. The molecule has 0 aromatic rings. The molecular weight excluding hydrogens is 1250 g/mol. The van der Waals surface area contributed by atoms with Crippen LogP contribution < -0.4 is 27.8 Å². The second-order valence-electron chi connectivity index (χ2n) is 24.5. The summed E-state index contributed by atoms with van der Waals surface area (Å²) in [5, 5.41) is 54.4. The molecule has 0 saturated carbocycles. The van der Waals surface area contributed by atoms with Crippen LogP contribution in [0.5, 0.6) is 0 Å². The number of carbonyl (C=O) groups excluding carboxylic acids is 8. The highest BCUT2D eigenvalue weighted by Crippen LogP contribution is 2.33. The molecule has 2 aliphatic carbocycles. The van der Waals surface area contributed by atoms with Gasteiger partial charge in [-0.05, 0) is 115 Å². The number of fused-ring (bicyclic) bond motifs is 4. The van der Waals surface area contributed by atoms with E-state index in [1.165, 1.54) is 53.6 Å². The van der Waals surface area contributed by atoms with Gasteiger partial charge in [-0.2, -0.15) is 0 Å². The zero-order chi connectivity index (χ0) is 72.5. The number of Topliss-reactive ketones (excluding diaryl/α,β-unsaturated/α-hetero) is 2. The number of aliphatic hydroxyl groups is 3. The third-order valence-corrected chi connectivity index (χ3v) is 16.6. The van der Waals surface area contributed by atoms with Crippen molar-refractivity contribution in [1.29, 1.82) is 0 Å². The van der Waals surface area contributed by atoms with Crippen LogP contribution >= 0.6 is 0 Å². The summed E-state index contributed by atoms with van der Waals surface area (Å²) in [5.41, 5.74) is 17.9. The first-order chi connectivity index (χ1) is 45.3. The average molecular weight is 1350 g/mol. The van der Waals surface area contributed by atoms with Gasteiger partial charge in [0, 0.05) is 98.7 Å². The zero-order valence-corrected chi connectivity index (χ0v) is 57.5. The third-order valence-electron chi connectivity index (χ3n) is 16.6. The SMILES string of the molecule is CO[C@H]1/C=C\C=C(/C)C(=O)NC2=CC(=O)C(CCCCCCC(=O)O)=C(C[C@@H](C)C[C@H](OC)[C@@H](O)[C@@H](C)/C=C(\C)[C@@H]1OC(N)=O)C2=O.CO[C@H]1/C=C\C=C(/C)C(=O)NC2=CC(=O)C(CO)=C(C[C@@H](C)C[C@H](OC)[C@@H](O)[C@@H](C)/C=C(\C)[C@@H]1OC(N)=O)C2=O.NCCCCCC(=O)O. The normalized spacial score (nSPS) is 29.0. The molecule has 96 heavy (non-hydrogen) atoms. The van der Waals surface area contributed by atoms with Crippen molar-refractivity contribution in [2.24, 2.45) is 40.9 Å². The Kier molecular flexibility index (Phi) is 38.1. The number of carbonyl (C=O) groups is 10. The Hall–Kier alpha value is -7.82. The maximum absolute atomic E-state index is 13.8. The summed E-state index contributed by atoms with van der Waals surface area (Å²) in [7, 11) is 5.79. The van der Waals surface area contributed by atoms with Crippen molar-refractivity contribution in [3.05, 3.63) is 117 Å². The number of rotatable bonds is 19. The topological polar surface area (TPSA) is 429 Å². The molecule has 2 heterocycles. The van der Waals surface area contributed by atoms with Crippen LogP contribution in [-0.4, -0.2) is 175 Å². The average Bonchev–Trinajstić information content (AvgIpc) is 0.854. The van der Waals surface area contributed by atoms with E-state index in [2.05, 4.69) is 10.6 Å². The van der Waals surface area contributed by atoms with Crippen LogP contribution in [0.3, 0.4) is 0 Å². The van der Waals surface area contributed by atoms with Gasteiger partial charge < -0.3 is 81.8 Å². The predicted molar refractivity (Wildman–Crippen MR) is 357 cm³/mol. The number of hydrogen-bond acceptors (Lipinski definition) is 20. The fourth-order valence-electron chi connectivity index (χ4n) is 11.3. The van der Waals surface area contributed by atoms with E-state index >= 15 is 0 Å². The second-order valence-corrected chi connectivity index (χ2v) is 24.5. The first-order valence-corrected chi connectivity index (χ1v) is 32.2. The lowest BCUT2D eigenvalue weighted by atomic mass is 9.82. The number of aliphatic carboxylic acids is 2. The van der Waals surface area contributed by atoms with Gasteiger partial charge in [-0.3, -0.25) is 38.4 Å². The van der Waals surface area contributed by atoms with Gasteiger partial charge in [0.15, 0.2) is 23.8 Å². The summed E-state index contributed by atoms with van der Waals surface area (Å²) < 4.78 is 33.1. The lowest BCUT2D eigenvalue weighted by Gasteiger charge is -2.30. The van der Waals surface area contributed by atoms with E-state index in [1.54, 1.807) is 65.0 Å². The van der Waals surface area contributed by atoms with Gasteiger partial charge in [0.05, 0.1) is 42.4 Å². The highest BCUT2D eigenvalue weighted by molar-refractivity contribution is 6.25. The molecule has 0 unspecified atom stereocenters. The Balaban J connectivity index is 0.000000583. The zero-order valence-electron chi connectivity index (χ0n) is 57.5. The number of ether oxygens (including phenoxy) is 6. The molecule has 4 amide bonds. The maximum Gasteiger partial charge on any atom is 0.405 e. The van der Waals surface area contributed by atoms with Crippen molar-refractivity contribution in [3.63, 3.8) is 0 Å². The number of nitrogens with two attached hydrogens (primary N) is 3. The number of carboxylic acids is 2. The molecular formula is C70H103N5O21. The fourth-order valence-corrected chi connectivity index (χ4v) is 11.3. The number of methoxy groups -OCH3 is 4. The lowest BCUT2D eigenvalue weighted by molar-refractivity contribution is -0.138. The lowest BCUT2D eigenvalue weighted by Crippen LogP contribution is -2.37. The third kappa shape index (κ3) is 28.1. The van der Waals surface area contributed by atoms with E-state index in [0.717, 1.165) is 31.4 Å². The fraction of sp³-hybridized carbons (Fsp3) is 0.571. The number of nitrogens with one attached hydrogen (secondary N) is 2. The van der Waals surface area contributed by atoms with E-state index in [1.807, 2.05) is 13.8 Å². The first-order valence-electron chi connectivity index (χ1n) is 32.2. The van der Waals surface area contributed by atoms with Crippen molar-refractivity contribution in [1.82, 2.24) is 10.6 Å². The molecule has 4 bridgehead atoms. The van der Waals surface area contributed by atoms with Crippen LogP contribution in [0.2, 0.25) is 0 Å². The van der Waals surface area contributed by atoms with Crippen molar-refractivity contribution in [2.45, 2.75) is 194 Å². The maximum atomic E-state index is 13.8. The minimum absolute atomic E-state index is 0.0246. The van der Waals surface area contributed by atoms with Gasteiger partial charge in [-0.1, -0.05) is 95.6 Å². The van der Waals surface area contributed by atoms with Crippen molar-refractivity contribution < 1.29 is 102 Å². The summed E-state index contributed by atoms with van der Waals surface area (Å²) in [6, 6.07) is 0. The summed E-state index contributed by atoms with van der Waals surface area (Å²) in [5.74, 6) is -6.07. The van der Waals surface area contributed by atoms with Crippen molar-refractivity contribution in [2.75, 3.05) is 41.6 Å². The molecule has 4 aliphatic rings. The molecule has 2 aliphatic heterocycles. The Bertz CT molecular complexity index is 3060. The summed E-state index contributed by atoms with van der Waals surface area (Å²) in [6.45, 7) is 13.9. The van der Waals surface area contributed by atoms with Gasteiger partial charge in [0.1, 0.15) is 12.2 Å². The first kappa shape index (κ1) is 84.3. The highest BCUT2D eigenvalue weighted by atomic mass is 16.6. The molecule has 0 spiro atoms. The number of hydrogen-bond donors (Lipinski definition) is 10. The molecule has 26 heteroatoms. The Morgan fingerprint density at radius 1 is 0.552 bits per heavy atom. The molecule has 12 atom stereocenters. The van der Waals surface area contributed by atoms with Crippen LogP contribution in [0.4, 0.5) is 9.59 Å². The molecule has 0 radical (unpaired) electrons. The standard InChI is InChI=1S/C35H50N2O10.C29H40N2O9.C6H13NO2/c1-20-16-25-24(13-9-7-8-10-15-30(39)40)27(38)19-26(32(25)42)37-34(43)21(2)12-11-14-28(45-5)33(47-35(36)44)23(4)18-22(3)31(41)29(17-20)46-6;1-15-10-19-20(14-32)22(33)13-21(26(19)35)31-28(36)16(2)8-7-9-23(38-5)27(40-29(30)37)18(4)12-17(3)25(34)24(11-15)39-6;7-5-3-1-2-4-6(8)9/h11-12,14,18-20,22,28-29,31,33,41H,7-10,13,15-17H2,1-6H3,(H2,36,44)(H,37,43)(H,39,40);7-9,12-13,15,17,23-25,27,32,34H,10-11,14H2,1-6H3,(H2,30,37)(H,31,36);1-5,7H2,(H,8,9)/b14-11-,21-12+,23-18+;9-7-,16-8+,18-12+;/t20-,22+,28+,29+,31+,33+;15-,17+,23+,24+,25+,27+;/m11./s1. The van der Waals surface area contributed by atoms with Crippen LogP contribution in [0.1, 0.15) is 145 Å². The Morgan fingerprint density at radius 3 is 1.28 bits per heavy atom. The van der Waals surface area contributed by atoms with Gasteiger partial charge in [0.25, 0.3) is 11.8 Å². The molecule has 0 aromatic carbocycles. The van der Waals surface area contributed by atoms with Crippen LogP contribution in [-0.2, 0) is 66.8 Å². The number of amides is 4. The van der Waals surface area contributed by atoms with Crippen LogP contribution in [0.15, 0.2) is 117 Å². The summed E-state index contributed by atoms with van der Waals surface area (Å²) >= 11 is 0. The Morgan fingerprint density at radius 2 is 0.927 bits per heavy atom. The predicted octanol–water partition coefficient (Wildman–Crippen LogP) is 6.62. The van der Waals surface area contributed by atoms with Gasteiger partial charge in [-0.25, -0.2) is 9.59 Å². The smallest absolute Gasteiger partial charge is 0.405 e. The largest absolute Gasteiger partial charge is 0.481 e. The van der Waals surface area contributed by atoms with E-state index < -0.39 is 121 Å². The highest BCUT2D eigenvalue weighted by Gasteiger charge is 2.36. The van der Waals surface area contributed by atoms with E-state index in [0.29, 0.717) is 73.8 Å². The Labute approximate surface area is 562 Å². The molecule has 0 saturated heterocycles. The van der Waals surface area contributed by atoms with Crippen LogP contribution in [0.25, 0.3) is 0 Å². The van der Waals surface area contributed by atoms with E-state index in [4.69, 9.17) is 55.8 Å². The molecule has 4 rings (SSSR count). The van der Waals surface area contributed by atoms with E-state index in [-0.39, 0.29) is 77.0 Å². The van der Waals surface area contributed by atoms with E-state index in [9.17, 15) is 63.3 Å².